The first-order chi connectivity index (χ1) is 13.2. The van der Waals surface area contributed by atoms with Gasteiger partial charge in [-0.15, -0.1) is 11.3 Å². The minimum Gasteiger partial charge on any atom is -0.280 e. The summed E-state index contributed by atoms with van der Waals surface area (Å²) in [5, 5.41) is 2.73. The maximum Gasteiger partial charge on any atom is 0.253 e. The van der Waals surface area contributed by atoms with E-state index in [1.807, 2.05) is 73.0 Å². The van der Waals surface area contributed by atoms with Gasteiger partial charge in [-0.25, -0.2) is 4.98 Å². The van der Waals surface area contributed by atoms with Gasteiger partial charge in [0, 0.05) is 11.0 Å². The van der Waals surface area contributed by atoms with Gasteiger partial charge < -0.3 is 0 Å². The van der Waals surface area contributed by atoms with E-state index in [1.54, 1.807) is 33.6 Å². The lowest BCUT2D eigenvalue weighted by molar-refractivity contribution is -0.114. The van der Waals surface area contributed by atoms with Crippen LogP contribution in [0.25, 0.3) is 16.3 Å². The Balaban J connectivity index is 1.70. The number of para-hydroxylation sites is 1. The van der Waals surface area contributed by atoms with E-state index in [0.29, 0.717) is 6.54 Å². The Morgan fingerprint density at radius 1 is 1.07 bits per heavy atom. The monoisotopic (exact) mass is 390 g/mol. The van der Waals surface area contributed by atoms with Crippen molar-refractivity contribution in [3.63, 3.8) is 0 Å². The molecule has 2 aromatic heterocycles. The number of thiophene rings is 1. The van der Waals surface area contributed by atoms with E-state index in [2.05, 4.69) is 6.07 Å². The quantitative estimate of drug-likeness (QED) is 0.397. The summed E-state index contributed by atoms with van der Waals surface area (Å²) in [4.78, 5) is 20.6. The molecule has 4 aromatic rings. The van der Waals surface area contributed by atoms with Crippen LogP contribution in [0.4, 0.5) is 5.13 Å². The SMILES string of the molecule is Cc1cccc2sc(N(Cc3ccccc3)C(=O)/C=C/c3cccs3)nc12. The van der Waals surface area contributed by atoms with Crippen molar-refractivity contribution in [2.75, 3.05) is 4.90 Å². The summed E-state index contributed by atoms with van der Waals surface area (Å²) in [5.74, 6) is -0.0658. The number of nitrogens with zero attached hydrogens (tertiary/aromatic N) is 2. The average molecular weight is 391 g/mol. The Morgan fingerprint density at radius 2 is 1.93 bits per heavy atom. The van der Waals surface area contributed by atoms with Crippen molar-refractivity contribution in [3.8, 4) is 0 Å². The molecule has 4 rings (SSSR count). The van der Waals surface area contributed by atoms with Gasteiger partial charge in [-0.2, -0.15) is 0 Å². The van der Waals surface area contributed by atoms with E-state index in [0.717, 1.165) is 31.4 Å². The normalized spacial score (nSPS) is 11.3. The minimum atomic E-state index is -0.0658. The van der Waals surface area contributed by atoms with Gasteiger partial charge in [0.2, 0.25) is 0 Å². The second-order valence-corrected chi connectivity index (χ2v) is 8.17. The zero-order valence-corrected chi connectivity index (χ0v) is 16.5. The van der Waals surface area contributed by atoms with E-state index >= 15 is 0 Å². The number of thiazole rings is 1. The summed E-state index contributed by atoms with van der Waals surface area (Å²) in [6, 6.07) is 20.1. The summed E-state index contributed by atoms with van der Waals surface area (Å²) < 4.78 is 1.10. The Morgan fingerprint density at radius 3 is 2.67 bits per heavy atom. The third-order valence-corrected chi connectivity index (χ3v) is 6.10. The van der Waals surface area contributed by atoms with E-state index in [1.165, 1.54) is 0 Å². The lowest BCUT2D eigenvalue weighted by Crippen LogP contribution is -2.28. The van der Waals surface area contributed by atoms with Gasteiger partial charge in [0.1, 0.15) is 0 Å². The summed E-state index contributed by atoms with van der Waals surface area (Å²) in [6.45, 7) is 2.54. The smallest absolute Gasteiger partial charge is 0.253 e. The first kappa shape index (κ1) is 17.6. The standard InChI is InChI=1S/C22H18N2OS2/c1-16-7-5-11-19-21(16)23-22(27-19)24(15-17-8-3-2-4-9-17)20(25)13-12-18-10-6-14-26-18/h2-14H,15H2,1H3/b13-12+. The van der Waals surface area contributed by atoms with Crippen molar-refractivity contribution in [2.45, 2.75) is 13.5 Å². The van der Waals surface area contributed by atoms with Crippen LogP contribution < -0.4 is 4.90 Å². The predicted molar refractivity (Wildman–Crippen MR) is 115 cm³/mol. The number of hydrogen-bond donors (Lipinski definition) is 0. The Hall–Kier alpha value is -2.76. The van der Waals surface area contributed by atoms with Crippen molar-refractivity contribution >= 4 is 50.0 Å². The fourth-order valence-corrected chi connectivity index (χ4v) is 4.49. The van der Waals surface area contributed by atoms with Crippen LogP contribution >= 0.6 is 22.7 Å². The van der Waals surface area contributed by atoms with Crippen molar-refractivity contribution in [1.29, 1.82) is 0 Å². The Kier molecular flexibility index (Phi) is 5.14. The second kappa shape index (κ2) is 7.86. The summed E-state index contributed by atoms with van der Waals surface area (Å²) in [7, 11) is 0. The minimum absolute atomic E-state index is 0.0658. The van der Waals surface area contributed by atoms with Crippen LogP contribution in [0.1, 0.15) is 16.0 Å². The highest BCUT2D eigenvalue weighted by atomic mass is 32.1. The fraction of sp³-hybridized carbons (Fsp3) is 0.0909. The third kappa shape index (κ3) is 3.99. The largest absolute Gasteiger partial charge is 0.280 e. The lowest BCUT2D eigenvalue weighted by atomic mass is 10.2. The highest BCUT2D eigenvalue weighted by Gasteiger charge is 2.19. The van der Waals surface area contributed by atoms with Crippen LogP contribution in [-0.4, -0.2) is 10.9 Å². The molecule has 2 heterocycles. The molecule has 3 nitrogen and oxygen atoms in total. The van der Waals surface area contributed by atoms with E-state index in [9.17, 15) is 4.79 Å². The van der Waals surface area contributed by atoms with Crippen molar-refractivity contribution in [3.05, 3.63) is 88.1 Å². The van der Waals surface area contributed by atoms with Crippen LogP contribution in [0.3, 0.4) is 0 Å². The number of hydrogen-bond acceptors (Lipinski definition) is 4. The molecule has 134 valence electrons. The van der Waals surface area contributed by atoms with Crippen molar-refractivity contribution in [1.82, 2.24) is 4.98 Å². The molecule has 0 atom stereocenters. The van der Waals surface area contributed by atoms with Crippen molar-refractivity contribution < 1.29 is 4.79 Å². The number of benzene rings is 2. The van der Waals surface area contributed by atoms with Gasteiger partial charge in [-0.05, 0) is 41.6 Å². The number of amides is 1. The lowest BCUT2D eigenvalue weighted by Gasteiger charge is -2.18. The molecule has 0 aliphatic carbocycles. The summed E-state index contributed by atoms with van der Waals surface area (Å²) in [6.07, 6.45) is 3.50. The van der Waals surface area contributed by atoms with Crippen molar-refractivity contribution in [2.24, 2.45) is 0 Å². The fourth-order valence-electron chi connectivity index (χ4n) is 2.83. The molecule has 0 spiro atoms. The molecule has 0 aliphatic heterocycles. The number of aryl methyl sites for hydroxylation is 1. The molecule has 0 bridgehead atoms. The van der Waals surface area contributed by atoms with Crippen LogP contribution in [0.15, 0.2) is 72.1 Å². The molecule has 0 N–H and O–H groups in total. The van der Waals surface area contributed by atoms with Crippen LogP contribution in [0.2, 0.25) is 0 Å². The predicted octanol–water partition coefficient (Wildman–Crippen LogP) is 5.91. The van der Waals surface area contributed by atoms with Gasteiger partial charge in [-0.1, -0.05) is 59.9 Å². The number of rotatable bonds is 5. The molecule has 0 aliphatic rings. The topological polar surface area (TPSA) is 33.2 Å². The molecule has 0 unspecified atom stereocenters. The molecule has 0 saturated carbocycles. The van der Waals surface area contributed by atoms with E-state index in [4.69, 9.17) is 4.98 Å². The van der Waals surface area contributed by atoms with Gasteiger partial charge >= 0.3 is 0 Å². The second-order valence-electron chi connectivity index (χ2n) is 6.18. The molecule has 0 radical (unpaired) electrons. The molecule has 5 heteroatoms. The molecule has 0 fully saturated rings. The van der Waals surface area contributed by atoms with E-state index < -0.39 is 0 Å². The highest BCUT2D eigenvalue weighted by Crippen LogP contribution is 2.31. The average Bonchev–Trinajstić information content (AvgIpc) is 3.35. The van der Waals surface area contributed by atoms with E-state index in [-0.39, 0.29) is 5.91 Å². The zero-order valence-electron chi connectivity index (χ0n) is 14.8. The number of anilines is 1. The van der Waals surface area contributed by atoms with Crippen LogP contribution in [0, 0.1) is 6.92 Å². The molecular weight excluding hydrogens is 372 g/mol. The maximum absolute atomic E-state index is 13.0. The number of carbonyl (C=O) groups is 1. The summed E-state index contributed by atoms with van der Waals surface area (Å²) in [5.41, 5.74) is 3.16. The van der Waals surface area contributed by atoms with Crippen LogP contribution in [-0.2, 0) is 11.3 Å². The number of aromatic nitrogens is 1. The third-order valence-electron chi connectivity index (χ3n) is 4.22. The molecule has 27 heavy (non-hydrogen) atoms. The maximum atomic E-state index is 13.0. The first-order valence-corrected chi connectivity index (χ1v) is 10.3. The molecule has 1 amide bonds. The molecule has 2 aromatic carbocycles. The number of fused-ring (bicyclic) bond motifs is 1. The molecule has 0 saturated heterocycles. The Bertz CT molecular complexity index is 1080. The molecular formula is C22H18N2OS2. The van der Waals surface area contributed by atoms with Gasteiger partial charge in [0.15, 0.2) is 5.13 Å². The highest BCUT2D eigenvalue weighted by molar-refractivity contribution is 7.22. The van der Waals surface area contributed by atoms with Gasteiger partial charge in [-0.3, -0.25) is 9.69 Å². The van der Waals surface area contributed by atoms with Gasteiger partial charge in [0.05, 0.1) is 16.8 Å². The number of carbonyl (C=O) groups excluding carboxylic acids is 1. The van der Waals surface area contributed by atoms with Gasteiger partial charge in [0.25, 0.3) is 5.91 Å². The Labute approximate surface area is 166 Å². The zero-order chi connectivity index (χ0) is 18.6. The van der Waals surface area contributed by atoms with Crippen LogP contribution in [0.5, 0.6) is 0 Å². The first-order valence-electron chi connectivity index (χ1n) is 8.64. The summed E-state index contributed by atoms with van der Waals surface area (Å²) >= 11 is 3.16.